The summed E-state index contributed by atoms with van der Waals surface area (Å²) in [5, 5.41) is 8.58. The summed E-state index contributed by atoms with van der Waals surface area (Å²) in [6.45, 7) is 9.12. The van der Waals surface area contributed by atoms with Crippen LogP contribution in [0.3, 0.4) is 0 Å². The molecule has 0 atom stereocenters. The monoisotopic (exact) mass is 283 g/mol. The first kappa shape index (κ1) is 14.5. The second-order valence-corrected chi connectivity index (χ2v) is 5.11. The van der Waals surface area contributed by atoms with Crippen LogP contribution in [0.25, 0.3) is 0 Å². The van der Waals surface area contributed by atoms with Crippen LogP contribution in [0.2, 0.25) is 0 Å². The Kier molecular flexibility index (Phi) is 5.34. The van der Waals surface area contributed by atoms with E-state index < -0.39 is 0 Å². The van der Waals surface area contributed by atoms with Crippen LogP contribution in [-0.2, 0) is 12.8 Å². The normalized spacial score (nSPS) is 16.9. The average Bonchev–Trinajstić information content (AvgIpc) is 2.47. The molecular weight excluding hydrogens is 262 g/mol. The van der Waals surface area contributed by atoms with Crippen LogP contribution in [0.5, 0.6) is 0 Å². The lowest BCUT2D eigenvalue weighted by molar-refractivity contribution is 0.271. The number of hydrogen-bond acceptors (Lipinski definition) is 5. The molecule has 0 amide bonds. The van der Waals surface area contributed by atoms with E-state index in [9.17, 15) is 0 Å². The summed E-state index contributed by atoms with van der Waals surface area (Å²) in [6, 6.07) is 0. The Morgan fingerprint density at radius 3 is 2.26 bits per heavy atom. The molecule has 6 heteroatoms. The van der Waals surface area contributed by atoms with Gasteiger partial charge in [0.05, 0.1) is 11.4 Å². The van der Waals surface area contributed by atoms with Gasteiger partial charge in [0.2, 0.25) is 5.95 Å². The fourth-order valence-electron chi connectivity index (χ4n) is 2.35. The molecule has 1 aliphatic heterocycles. The minimum absolute atomic E-state index is 0.698. The van der Waals surface area contributed by atoms with Crippen LogP contribution in [0.4, 0.5) is 5.95 Å². The fraction of sp³-hybridized carbons (Fsp3) is 0.769. The first-order valence-corrected chi connectivity index (χ1v) is 7.57. The van der Waals surface area contributed by atoms with Gasteiger partial charge in [0, 0.05) is 38.6 Å². The van der Waals surface area contributed by atoms with Gasteiger partial charge in [-0.3, -0.25) is 4.90 Å². The lowest BCUT2D eigenvalue weighted by atomic mass is 10.2. The van der Waals surface area contributed by atoms with Gasteiger partial charge >= 0.3 is 0 Å². The second-order valence-electron chi connectivity index (χ2n) is 4.73. The Labute approximate surface area is 120 Å². The van der Waals surface area contributed by atoms with Gasteiger partial charge in [-0.2, -0.15) is 5.10 Å². The van der Waals surface area contributed by atoms with Crippen molar-refractivity contribution in [3.05, 3.63) is 11.4 Å². The number of piperazine rings is 1. The maximum absolute atomic E-state index is 5.77. The van der Waals surface area contributed by atoms with E-state index in [0.29, 0.717) is 5.88 Å². The van der Waals surface area contributed by atoms with Crippen molar-refractivity contribution in [2.24, 2.45) is 0 Å². The molecule has 106 valence electrons. The minimum atomic E-state index is 0.698. The molecule has 19 heavy (non-hydrogen) atoms. The van der Waals surface area contributed by atoms with E-state index in [1.165, 1.54) is 0 Å². The zero-order valence-electron chi connectivity index (χ0n) is 11.8. The Morgan fingerprint density at radius 2 is 1.68 bits per heavy atom. The fourth-order valence-corrected chi connectivity index (χ4v) is 2.59. The quantitative estimate of drug-likeness (QED) is 0.764. The van der Waals surface area contributed by atoms with Gasteiger partial charge in [-0.1, -0.05) is 13.8 Å². The molecule has 0 saturated carbocycles. The Morgan fingerprint density at radius 1 is 1.00 bits per heavy atom. The number of anilines is 1. The van der Waals surface area contributed by atoms with Crippen LogP contribution in [0.1, 0.15) is 25.2 Å². The van der Waals surface area contributed by atoms with E-state index in [2.05, 4.69) is 38.8 Å². The molecule has 0 bridgehead atoms. The first-order chi connectivity index (χ1) is 9.28. The Bertz CT molecular complexity index is 404. The smallest absolute Gasteiger partial charge is 0.245 e. The highest BCUT2D eigenvalue weighted by molar-refractivity contribution is 6.18. The molecule has 1 aromatic rings. The maximum Gasteiger partial charge on any atom is 0.245 e. The minimum Gasteiger partial charge on any atom is -0.337 e. The summed E-state index contributed by atoms with van der Waals surface area (Å²) < 4.78 is 0. The lowest BCUT2D eigenvalue weighted by Gasteiger charge is -2.34. The number of nitrogens with zero attached hydrogens (tertiary/aromatic N) is 5. The number of hydrogen-bond donors (Lipinski definition) is 0. The van der Waals surface area contributed by atoms with Crippen molar-refractivity contribution in [2.45, 2.75) is 26.7 Å². The number of halogens is 1. The summed E-state index contributed by atoms with van der Waals surface area (Å²) in [6.07, 6.45) is 1.81. The molecule has 0 unspecified atom stereocenters. The summed E-state index contributed by atoms with van der Waals surface area (Å²) in [7, 11) is 0. The highest BCUT2D eigenvalue weighted by Crippen LogP contribution is 2.13. The van der Waals surface area contributed by atoms with Crippen molar-refractivity contribution in [1.82, 2.24) is 20.1 Å². The Hall–Kier alpha value is -0.940. The summed E-state index contributed by atoms with van der Waals surface area (Å²) in [5.41, 5.74) is 2.10. The molecule has 5 nitrogen and oxygen atoms in total. The van der Waals surface area contributed by atoms with Crippen LogP contribution >= 0.6 is 11.6 Å². The highest BCUT2D eigenvalue weighted by atomic mass is 35.5. The molecule has 2 heterocycles. The highest BCUT2D eigenvalue weighted by Gasteiger charge is 2.19. The molecule has 0 radical (unpaired) electrons. The third kappa shape index (κ3) is 3.54. The number of alkyl halides is 1. The zero-order valence-corrected chi connectivity index (χ0v) is 12.5. The molecule has 1 fully saturated rings. The average molecular weight is 284 g/mol. The third-order valence-corrected chi connectivity index (χ3v) is 3.72. The van der Waals surface area contributed by atoms with Crippen LogP contribution in [0.15, 0.2) is 0 Å². The molecule has 1 aromatic heterocycles. The van der Waals surface area contributed by atoms with Gasteiger partial charge in [-0.05, 0) is 12.8 Å². The zero-order chi connectivity index (χ0) is 13.7. The van der Waals surface area contributed by atoms with E-state index in [1.54, 1.807) is 0 Å². The SMILES string of the molecule is CCc1nnc(N2CCN(CCCl)CC2)nc1CC. The van der Waals surface area contributed by atoms with Gasteiger partial charge in [0.15, 0.2) is 0 Å². The predicted octanol–water partition coefficient (Wildman–Crippen LogP) is 1.36. The van der Waals surface area contributed by atoms with Crippen molar-refractivity contribution in [3.8, 4) is 0 Å². The third-order valence-electron chi connectivity index (χ3n) is 3.55. The van der Waals surface area contributed by atoms with E-state index >= 15 is 0 Å². The Balaban J connectivity index is 2.03. The summed E-state index contributed by atoms with van der Waals surface area (Å²) in [4.78, 5) is 9.26. The first-order valence-electron chi connectivity index (χ1n) is 7.04. The van der Waals surface area contributed by atoms with E-state index in [1.807, 2.05) is 0 Å². The van der Waals surface area contributed by atoms with Gasteiger partial charge in [-0.25, -0.2) is 4.98 Å². The standard InChI is InChI=1S/C13H22ClN5/c1-3-11-12(4-2)16-17-13(15-11)19-9-7-18(6-5-14)8-10-19/h3-10H2,1-2H3. The largest absolute Gasteiger partial charge is 0.337 e. The number of aryl methyl sites for hydroxylation is 2. The predicted molar refractivity (Wildman–Crippen MR) is 78.0 cm³/mol. The van der Waals surface area contributed by atoms with Gasteiger partial charge < -0.3 is 4.90 Å². The number of rotatable bonds is 5. The van der Waals surface area contributed by atoms with Gasteiger partial charge in [0.25, 0.3) is 0 Å². The summed E-state index contributed by atoms with van der Waals surface area (Å²) in [5.74, 6) is 1.48. The molecule has 1 saturated heterocycles. The van der Waals surface area contributed by atoms with E-state index in [0.717, 1.165) is 62.9 Å². The van der Waals surface area contributed by atoms with E-state index in [4.69, 9.17) is 11.6 Å². The van der Waals surface area contributed by atoms with Crippen LogP contribution in [-0.4, -0.2) is 58.7 Å². The molecule has 2 rings (SSSR count). The molecule has 0 aliphatic carbocycles. The molecule has 1 aliphatic rings. The molecule has 0 spiro atoms. The van der Waals surface area contributed by atoms with Crippen molar-refractivity contribution < 1.29 is 0 Å². The topological polar surface area (TPSA) is 45.2 Å². The van der Waals surface area contributed by atoms with Crippen molar-refractivity contribution >= 4 is 17.5 Å². The van der Waals surface area contributed by atoms with Crippen LogP contribution in [0, 0.1) is 0 Å². The maximum atomic E-state index is 5.77. The lowest BCUT2D eigenvalue weighted by Crippen LogP contribution is -2.47. The molecule has 0 aromatic carbocycles. The van der Waals surface area contributed by atoms with Crippen molar-refractivity contribution in [3.63, 3.8) is 0 Å². The number of aromatic nitrogens is 3. The van der Waals surface area contributed by atoms with Gasteiger partial charge in [-0.15, -0.1) is 16.7 Å². The van der Waals surface area contributed by atoms with E-state index in [-0.39, 0.29) is 0 Å². The second kappa shape index (κ2) is 7.01. The van der Waals surface area contributed by atoms with Crippen molar-refractivity contribution in [1.29, 1.82) is 0 Å². The summed E-state index contributed by atoms with van der Waals surface area (Å²) >= 11 is 5.77. The molecule has 0 N–H and O–H groups in total. The van der Waals surface area contributed by atoms with Gasteiger partial charge in [0.1, 0.15) is 0 Å². The molecular formula is C13H22ClN5. The van der Waals surface area contributed by atoms with Crippen molar-refractivity contribution in [2.75, 3.05) is 43.5 Å². The van der Waals surface area contributed by atoms with Crippen LogP contribution < -0.4 is 4.90 Å².